The van der Waals surface area contributed by atoms with Crippen LogP contribution in [-0.4, -0.2) is 29.2 Å². The number of hydrogen-bond donors (Lipinski definition) is 2. The molecule has 3 nitrogen and oxygen atoms in total. The molecule has 0 aromatic rings. The van der Waals surface area contributed by atoms with Crippen molar-refractivity contribution in [2.75, 3.05) is 6.61 Å². The second-order valence-electron chi connectivity index (χ2n) is 5.65. The molecule has 1 heterocycles. The molecule has 0 aromatic heterocycles. The first-order chi connectivity index (χ1) is 6.39. The lowest BCUT2D eigenvalue weighted by atomic mass is 9.56. The Labute approximate surface area is 85.1 Å². The van der Waals surface area contributed by atoms with Gasteiger partial charge in [0.2, 0.25) is 0 Å². The summed E-state index contributed by atoms with van der Waals surface area (Å²) in [6.07, 6.45) is 0.533. The molecule has 2 N–H and O–H groups in total. The summed E-state index contributed by atoms with van der Waals surface area (Å²) in [6, 6.07) is 0. The van der Waals surface area contributed by atoms with Crippen molar-refractivity contribution in [2.45, 2.75) is 46.0 Å². The van der Waals surface area contributed by atoms with Crippen molar-refractivity contribution in [2.24, 2.45) is 16.7 Å². The fourth-order valence-electron chi connectivity index (χ4n) is 3.18. The van der Waals surface area contributed by atoms with Crippen LogP contribution < -0.4 is 0 Å². The van der Waals surface area contributed by atoms with E-state index in [0.717, 1.165) is 12.8 Å². The lowest BCUT2D eigenvalue weighted by molar-refractivity contribution is -0.171. The molecule has 3 heteroatoms. The fraction of sp³-hybridized carbons (Fsp3) is 1.00. The maximum Gasteiger partial charge on any atom is 0.162 e. The van der Waals surface area contributed by atoms with Crippen LogP contribution in [0.25, 0.3) is 0 Å². The summed E-state index contributed by atoms with van der Waals surface area (Å²) in [6.45, 7) is 6.91. The van der Waals surface area contributed by atoms with Gasteiger partial charge in [-0.05, 0) is 18.3 Å². The van der Waals surface area contributed by atoms with Gasteiger partial charge in [0, 0.05) is 11.3 Å². The molecular weight excluding hydrogens is 180 g/mol. The molecule has 1 aliphatic heterocycles. The highest BCUT2D eigenvalue weighted by Crippen LogP contribution is 2.56. The molecule has 0 aromatic carbocycles. The van der Waals surface area contributed by atoms with Crippen LogP contribution in [0.5, 0.6) is 0 Å². The maximum absolute atomic E-state index is 10.0. The molecule has 0 bridgehead atoms. The average Bonchev–Trinajstić information content (AvgIpc) is 2.40. The molecule has 2 fully saturated rings. The third-order valence-electron chi connectivity index (χ3n) is 4.43. The molecule has 0 unspecified atom stereocenters. The molecule has 0 amide bonds. The van der Waals surface area contributed by atoms with E-state index in [2.05, 4.69) is 13.8 Å². The predicted molar refractivity (Wildman–Crippen MR) is 52.6 cm³/mol. The van der Waals surface area contributed by atoms with Gasteiger partial charge in [0.05, 0.1) is 12.7 Å². The zero-order valence-electron chi connectivity index (χ0n) is 9.16. The summed E-state index contributed by atoms with van der Waals surface area (Å²) in [4.78, 5) is 0. The van der Waals surface area contributed by atoms with Crippen molar-refractivity contribution in [3.63, 3.8) is 0 Å². The van der Waals surface area contributed by atoms with Gasteiger partial charge in [-0.3, -0.25) is 0 Å². The standard InChI is InChI=1S/C11H20O3/c1-10(2)5-4-8(12)11(3)7(10)6-14-9(11)13/h7-9,12-13H,4-6H2,1-3H3/t7-,8+,9+,11-/m0/s1. The van der Waals surface area contributed by atoms with Gasteiger partial charge in [0.15, 0.2) is 6.29 Å². The van der Waals surface area contributed by atoms with Crippen LogP contribution in [0, 0.1) is 16.7 Å². The minimum absolute atomic E-state index is 0.158. The Bertz CT molecular complexity index is 239. The fourth-order valence-corrected chi connectivity index (χ4v) is 3.18. The molecule has 1 saturated heterocycles. The van der Waals surface area contributed by atoms with E-state index >= 15 is 0 Å². The minimum Gasteiger partial charge on any atom is -0.392 e. The number of rotatable bonds is 0. The Balaban J connectivity index is 2.35. The van der Waals surface area contributed by atoms with Crippen LogP contribution in [0.15, 0.2) is 0 Å². The first kappa shape index (κ1) is 10.4. The lowest BCUT2D eigenvalue weighted by Crippen LogP contribution is -2.52. The van der Waals surface area contributed by atoms with Gasteiger partial charge < -0.3 is 14.9 Å². The van der Waals surface area contributed by atoms with E-state index < -0.39 is 17.8 Å². The highest BCUT2D eigenvalue weighted by Gasteiger charge is 2.59. The smallest absolute Gasteiger partial charge is 0.162 e. The minimum atomic E-state index is -0.804. The van der Waals surface area contributed by atoms with E-state index in [-0.39, 0.29) is 11.3 Å². The van der Waals surface area contributed by atoms with Gasteiger partial charge in [-0.1, -0.05) is 20.8 Å². The van der Waals surface area contributed by atoms with E-state index in [1.807, 2.05) is 6.92 Å². The van der Waals surface area contributed by atoms with Crippen molar-refractivity contribution in [3.8, 4) is 0 Å². The Morgan fingerprint density at radius 1 is 1.21 bits per heavy atom. The van der Waals surface area contributed by atoms with Crippen LogP contribution in [0.1, 0.15) is 33.6 Å². The Hall–Kier alpha value is -0.120. The second-order valence-corrected chi connectivity index (χ2v) is 5.65. The zero-order chi connectivity index (χ0) is 10.6. The van der Waals surface area contributed by atoms with Crippen molar-refractivity contribution in [1.29, 1.82) is 0 Å². The van der Waals surface area contributed by atoms with E-state index in [1.165, 1.54) is 0 Å². The van der Waals surface area contributed by atoms with Crippen LogP contribution >= 0.6 is 0 Å². The number of hydrogen-bond acceptors (Lipinski definition) is 3. The first-order valence-electron chi connectivity index (χ1n) is 5.37. The summed E-state index contributed by atoms with van der Waals surface area (Å²) in [7, 11) is 0. The summed E-state index contributed by atoms with van der Waals surface area (Å²) in [5.41, 5.74) is -0.312. The number of aliphatic hydroxyl groups is 2. The molecule has 0 radical (unpaired) electrons. The SMILES string of the molecule is CC1(C)CC[C@@H](O)[C@@]2(C)[C@H](O)OC[C@@H]12. The normalized spacial score (nSPS) is 51.6. The predicted octanol–water partition coefficient (Wildman–Crippen LogP) is 1.14. The van der Waals surface area contributed by atoms with Crippen molar-refractivity contribution in [1.82, 2.24) is 0 Å². The Morgan fingerprint density at radius 3 is 2.43 bits per heavy atom. The number of fused-ring (bicyclic) bond motifs is 1. The van der Waals surface area contributed by atoms with Crippen molar-refractivity contribution in [3.05, 3.63) is 0 Å². The summed E-state index contributed by atoms with van der Waals surface area (Å²) in [5.74, 6) is 0.258. The Morgan fingerprint density at radius 2 is 1.86 bits per heavy atom. The third-order valence-corrected chi connectivity index (χ3v) is 4.43. The van der Waals surface area contributed by atoms with Crippen LogP contribution in [0.4, 0.5) is 0 Å². The highest BCUT2D eigenvalue weighted by atomic mass is 16.6. The van der Waals surface area contributed by atoms with E-state index in [0.29, 0.717) is 6.61 Å². The largest absolute Gasteiger partial charge is 0.392 e. The molecule has 82 valence electrons. The van der Waals surface area contributed by atoms with Crippen molar-refractivity contribution >= 4 is 0 Å². The van der Waals surface area contributed by atoms with Gasteiger partial charge in [-0.2, -0.15) is 0 Å². The monoisotopic (exact) mass is 200 g/mol. The van der Waals surface area contributed by atoms with E-state index in [4.69, 9.17) is 4.74 Å². The van der Waals surface area contributed by atoms with Gasteiger partial charge in [0.25, 0.3) is 0 Å². The zero-order valence-corrected chi connectivity index (χ0v) is 9.16. The van der Waals surface area contributed by atoms with Gasteiger partial charge in [-0.15, -0.1) is 0 Å². The first-order valence-corrected chi connectivity index (χ1v) is 5.37. The van der Waals surface area contributed by atoms with Crippen molar-refractivity contribution < 1.29 is 14.9 Å². The van der Waals surface area contributed by atoms with E-state index in [9.17, 15) is 10.2 Å². The van der Waals surface area contributed by atoms with Gasteiger partial charge in [0.1, 0.15) is 0 Å². The molecule has 2 rings (SSSR count). The molecule has 2 aliphatic rings. The molecule has 1 aliphatic carbocycles. The quantitative estimate of drug-likeness (QED) is 0.616. The molecule has 14 heavy (non-hydrogen) atoms. The molecule has 0 spiro atoms. The average molecular weight is 200 g/mol. The van der Waals surface area contributed by atoms with E-state index in [1.54, 1.807) is 0 Å². The summed E-state index contributed by atoms with van der Waals surface area (Å²) >= 11 is 0. The van der Waals surface area contributed by atoms with Crippen LogP contribution in [0.3, 0.4) is 0 Å². The highest BCUT2D eigenvalue weighted by molar-refractivity contribution is 5.04. The lowest BCUT2D eigenvalue weighted by Gasteiger charge is -2.49. The molecular formula is C11H20O3. The molecule has 4 atom stereocenters. The van der Waals surface area contributed by atoms with Crippen LogP contribution in [-0.2, 0) is 4.74 Å². The second kappa shape index (κ2) is 2.94. The van der Waals surface area contributed by atoms with Gasteiger partial charge in [-0.25, -0.2) is 0 Å². The maximum atomic E-state index is 10.0. The van der Waals surface area contributed by atoms with Crippen LogP contribution in [0.2, 0.25) is 0 Å². The van der Waals surface area contributed by atoms with Gasteiger partial charge >= 0.3 is 0 Å². The Kier molecular flexibility index (Phi) is 2.18. The number of ether oxygens (including phenoxy) is 1. The number of aliphatic hydroxyl groups excluding tert-OH is 2. The topological polar surface area (TPSA) is 49.7 Å². The third kappa shape index (κ3) is 1.16. The summed E-state index contributed by atoms with van der Waals surface area (Å²) < 4.78 is 5.30. The molecule has 1 saturated carbocycles. The summed E-state index contributed by atoms with van der Waals surface area (Å²) in [5, 5.41) is 19.8.